The number of rotatable bonds is 2. The predicted molar refractivity (Wildman–Crippen MR) is 71.3 cm³/mol. The van der Waals surface area contributed by atoms with Crippen LogP contribution in [0.15, 0.2) is 28.8 Å². The molecule has 1 aromatic carbocycles. The first-order valence-corrected chi connectivity index (χ1v) is 7.14. The fourth-order valence-corrected chi connectivity index (χ4v) is 3.56. The zero-order valence-corrected chi connectivity index (χ0v) is 11.1. The Balaban J connectivity index is 1.62. The highest BCUT2D eigenvalue weighted by Crippen LogP contribution is 2.44. The summed E-state index contributed by atoms with van der Waals surface area (Å²) in [5.41, 5.74) is 0.654. The summed E-state index contributed by atoms with van der Waals surface area (Å²) in [5.74, 6) is 2.16. The summed E-state index contributed by atoms with van der Waals surface area (Å²) in [6.45, 7) is 1.03. The minimum absolute atomic E-state index is 0.164. The summed E-state index contributed by atoms with van der Waals surface area (Å²) in [7, 11) is 0. The third-order valence-electron chi connectivity index (χ3n) is 4.54. The quantitative estimate of drug-likeness (QED) is 0.914. The van der Waals surface area contributed by atoms with Crippen molar-refractivity contribution in [2.45, 2.75) is 25.3 Å². The smallest absolute Gasteiger partial charge is 0.244 e. The van der Waals surface area contributed by atoms with E-state index in [0.717, 1.165) is 12.5 Å². The number of hydrogen-bond acceptors (Lipinski definition) is 4. The van der Waals surface area contributed by atoms with E-state index in [1.807, 2.05) is 0 Å². The summed E-state index contributed by atoms with van der Waals surface area (Å²) >= 11 is 0. The fourth-order valence-electron chi connectivity index (χ4n) is 3.56. The van der Waals surface area contributed by atoms with Crippen molar-refractivity contribution in [3.8, 4) is 11.4 Å². The topological polar surface area (TPSA) is 51.0 Å². The van der Waals surface area contributed by atoms with Crippen LogP contribution in [0.2, 0.25) is 0 Å². The number of halogens is 1. The van der Waals surface area contributed by atoms with E-state index in [1.54, 1.807) is 12.1 Å². The van der Waals surface area contributed by atoms with Crippen molar-refractivity contribution >= 4 is 0 Å². The van der Waals surface area contributed by atoms with Crippen LogP contribution in [0.3, 0.4) is 0 Å². The maximum Gasteiger partial charge on any atom is 0.244 e. The van der Waals surface area contributed by atoms with Crippen molar-refractivity contribution in [3.05, 3.63) is 36.0 Å². The van der Waals surface area contributed by atoms with Crippen LogP contribution >= 0.6 is 0 Å². The maximum atomic E-state index is 13.2. The lowest BCUT2D eigenvalue weighted by Gasteiger charge is -2.13. The summed E-state index contributed by atoms with van der Waals surface area (Å²) in [4.78, 5) is 4.46. The summed E-state index contributed by atoms with van der Waals surface area (Å²) in [6.07, 6.45) is 3.80. The van der Waals surface area contributed by atoms with Crippen molar-refractivity contribution in [1.29, 1.82) is 0 Å². The molecule has 0 amide bonds. The van der Waals surface area contributed by atoms with E-state index >= 15 is 0 Å². The molecule has 104 valence electrons. The Morgan fingerprint density at radius 1 is 1.30 bits per heavy atom. The van der Waals surface area contributed by atoms with Gasteiger partial charge in [0.15, 0.2) is 0 Å². The van der Waals surface area contributed by atoms with E-state index in [1.165, 1.54) is 31.4 Å². The molecule has 1 N–H and O–H groups in total. The monoisotopic (exact) mass is 273 g/mol. The van der Waals surface area contributed by atoms with Crippen LogP contribution in [-0.2, 0) is 0 Å². The summed E-state index contributed by atoms with van der Waals surface area (Å²) in [6, 6.07) is 6.44. The van der Waals surface area contributed by atoms with Gasteiger partial charge >= 0.3 is 0 Å². The van der Waals surface area contributed by atoms with Crippen molar-refractivity contribution < 1.29 is 8.91 Å². The first-order valence-electron chi connectivity index (χ1n) is 7.14. The molecule has 0 radical (unpaired) electrons. The first kappa shape index (κ1) is 12.0. The molecule has 20 heavy (non-hydrogen) atoms. The minimum atomic E-state index is -0.288. The molecule has 5 heteroatoms. The van der Waals surface area contributed by atoms with E-state index < -0.39 is 0 Å². The van der Waals surface area contributed by atoms with Crippen molar-refractivity contribution in [2.75, 3.05) is 6.54 Å². The van der Waals surface area contributed by atoms with E-state index in [2.05, 4.69) is 15.5 Å². The SMILES string of the molecule is Fc1cccc(-c2noc(C3NCC4CCCC43)n2)c1. The standard InChI is InChI=1S/C15H16FN3O/c16-11-5-1-3-9(7-11)14-18-15(20-19-14)13-12-6-2-4-10(12)8-17-13/h1,3,5,7,10,12-13,17H,2,4,6,8H2. The zero-order valence-electron chi connectivity index (χ0n) is 11.1. The molecule has 2 aromatic rings. The fraction of sp³-hybridized carbons (Fsp3) is 0.467. The molecule has 4 rings (SSSR count). The molecule has 1 aliphatic heterocycles. The van der Waals surface area contributed by atoms with E-state index in [0.29, 0.717) is 23.2 Å². The number of nitrogens with one attached hydrogen (secondary N) is 1. The molecular weight excluding hydrogens is 257 g/mol. The Hall–Kier alpha value is -1.75. The highest BCUT2D eigenvalue weighted by Gasteiger charge is 2.42. The molecule has 2 aliphatic rings. The molecule has 2 fully saturated rings. The number of fused-ring (bicyclic) bond motifs is 1. The van der Waals surface area contributed by atoms with Gasteiger partial charge in [0, 0.05) is 5.56 Å². The van der Waals surface area contributed by atoms with Gasteiger partial charge in [-0.05, 0) is 43.4 Å². The van der Waals surface area contributed by atoms with Crippen LogP contribution in [0.1, 0.15) is 31.2 Å². The van der Waals surface area contributed by atoms with Gasteiger partial charge in [0.1, 0.15) is 5.82 Å². The molecular formula is C15H16FN3O. The second-order valence-electron chi connectivity index (χ2n) is 5.71. The molecule has 0 bridgehead atoms. The van der Waals surface area contributed by atoms with Crippen LogP contribution in [0.5, 0.6) is 0 Å². The number of hydrogen-bond donors (Lipinski definition) is 1. The summed E-state index contributed by atoms with van der Waals surface area (Å²) in [5, 5.41) is 7.47. The van der Waals surface area contributed by atoms with Crippen LogP contribution in [0, 0.1) is 17.7 Å². The molecule has 3 atom stereocenters. The van der Waals surface area contributed by atoms with Crippen LogP contribution in [0.25, 0.3) is 11.4 Å². The molecule has 1 aromatic heterocycles. The third-order valence-corrected chi connectivity index (χ3v) is 4.54. The molecule has 1 saturated carbocycles. The zero-order chi connectivity index (χ0) is 13.5. The molecule has 1 saturated heterocycles. The Morgan fingerprint density at radius 2 is 2.25 bits per heavy atom. The largest absolute Gasteiger partial charge is 0.337 e. The molecule has 4 nitrogen and oxygen atoms in total. The third kappa shape index (κ3) is 1.93. The van der Waals surface area contributed by atoms with E-state index in [9.17, 15) is 4.39 Å². The Labute approximate surface area is 116 Å². The lowest BCUT2D eigenvalue weighted by Crippen LogP contribution is -2.18. The van der Waals surface area contributed by atoms with Gasteiger partial charge < -0.3 is 9.84 Å². The number of benzene rings is 1. The van der Waals surface area contributed by atoms with Crippen molar-refractivity contribution in [2.24, 2.45) is 11.8 Å². The van der Waals surface area contributed by atoms with Gasteiger partial charge in [0.2, 0.25) is 11.7 Å². The second-order valence-corrected chi connectivity index (χ2v) is 5.71. The van der Waals surface area contributed by atoms with E-state index in [4.69, 9.17) is 4.52 Å². The average Bonchev–Trinajstić information content (AvgIpc) is 3.14. The van der Waals surface area contributed by atoms with Crippen molar-refractivity contribution in [1.82, 2.24) is 15.5 Å². The van der Waals surface area contributed by atoms with E-state index in [-0.39, 0.29) is 11.9 Å². The molecule has 1 aliphatic carbocycles. The van der Waals surface area contributed by atoms with Crippen LogP contribution < -0.4 is 5.32 Å². The van der Waals surface area contributed by atoms with Gasteiger partial charge in [-0.25, -0.2) is 4.39 Å². The first-order chi connectivity index (χ1) is 9.81. The minimum Gasteiger partial charge on any atom is -0.337 e. The van der Waals surface area contributed by atoms with Crippen LogP contribution in [0.4, 0.5) is 4.39 Å². The molecule has 0 spiro atoms. The van der Waals surface area contributed by atoms with Crippen LogP contribution in [-0.4, -0.2) is 16.7 Å². The lowest BCUT2D eigenvalue weighted by molar-refractivity contribution is 0.302. The highest BCUT2D eigenvalue weighted by molar-refractivity contribution is 5.53. The van der Waals surface area contributed by atoms with Gasteiger partial charge in [0.25, 0.3) is 0 Å². The highest BCUT2D eigenvalue weighted by atomic mass is 19.1. The van der Waals surface area contributed by atoms with Gasteiger partial charge in [-0.15, -0.1) is 0 Å². The van der Waals surface area contributed by atoms with Gasteiger partial charge in [-0.1, -0.05) is 23.7 Å². The number of aromatic nitrogens is 2. The second kappa shape index (κ2) is 4.66. The lowest BCUT2D eigenvalue weighted by atomic mass is 9.94. The van der Waals surface area contributed by atoms with Crippen molar-refractivity contribution in [3.63, 3.8) is 0 Å². The maximum absolute atomic E-state index is 13.2. The van der Waals surface area contributed by atoms with Gasteiger partial charge in [-0.2, -0.15) is 4.98 Å². The Morgan fingerprint density at radius 3 is 3.15 bits per heavy atom. The average molecular weight is 273 g/mol. The normalized spacial score (nSPS) is 28.8. The van der Waals surface area contributed by atoms with Gasteiger partial charge in [0.05, 0.1) is 6.04 Å². The van der Waals surface area contributed by atoms with Gasteiger partial charge in [-0.3, -0.25) is 0 Å². The molecule has 2 heterocycles. The predicted octanol–water partition coefficient (Wildman–Crippen LogP) is 2.94. The Kier molecular flexibility index (Phi) is 2.80. The number of nitrogens with zero attached hydrogens (tertiary/aromatic N) is 2. The molecule has 3 unspecified atom stereocenters. The Bertz CT molecular complexity index is 627. The summed E-state index contributed by atoms with van der Waals surface area (Å²) < 4.78 is 18.6.